The molecule has 4 nitrogen and oxygen atoms in total. The van der Waals surface area contributed by atoms with Gasteiger partial charge in [0, 0.05) is 12.4 Å². The zero-order chi connectivity index (χ0) is 18.8. The third kappa shape index (κ3) is 3.80. The predicted molar refractivity (Wildman–Crippen MR) is 111 cm³/mol. The fourth-order valence-corrected chi connectivity index (χ4v) is 4.56. The number of nitrogens with zero attached hydrogens (tertiary/aromatic N) is 2. The standard InChI is InChI=1S/C22H24N2O2S/c1-15-10-11-16(2)20(13-15)24-21(25)18-8-3-4-9-19(18)23-22(24)27-14-17-7-5-6-12-26-17/h3-4,8-11,13,17H,5-7,12,14H2,1-2H3. The van der Waals surface area contributed by atoms with Crippen molar-refractivity contribution in [2.24, 2.45) is 0 Å². The van der Waals surface area contributed by atoms with E-state index in [-0.39, 0.29) is 11.7 Å². The maximum Gasteiger partial charge on any atom is 0.266 e. The molecule has 2 heterocycles. The molecule has 0 radical (unpaired) electrons. The Balaban J connectivity index is 1.82. The van der Waals surface area contributed by atoms with Gasteiger partial charge in [-0.1, -0.05) is 36.0 Å². The van der Waals surface area contributed by atoms with Crippen molar-refractivity contribution in [2.75, 3.05) is 12.4 Å². The molecule has 4 rings (SSSR count). The molecule has 3 aromatic rings. The molecule has 0 aliphatic carbocycles. The Bertz CT molecular complexity index is 1020. The molecule has 0 N–H and O–H groups in total. The Morgan fingerprint density at radius 1 is 1.19 bits per heavy atom. The predicted octanol–water partition coefficient (Wildman–Crippen LogP) is 4.66. The molecule has 5 heteroatoms. The first-order valence-electron chi connectivity index (χ1n) is 9.47. The maximum absolute atomic E-state index is 13.3. The van der Waals surface area contributed by atoms with Crippen LogP contribution in [0.2, 0.25) is 0 Å². The third-order valence-electron chi connectivity index (χ3n) is 5.02. The van der Waals surface area contributed by atoms with Crippen LogP contribution in [0.15, 0.2) is 52.4 Å². The lowest BCUT2D eigenvalue weighted by molar-refractivity contribution is 0.0315. The molecule has 0 spiro atoms. The van der Waals surface area contributed by atoms with Crippen molar-refractivity contribution in [3.8, 4) is 5.69 Å². The highest BCUT2D eigenvalue weighted by atomic mass is 32.2. The smallest absolute Gasteiger partial charge is 0.266 e. The van der Waals surface area contributed by atoms with Crippen molar-refractivity contribution in [3.63, 3.8) is 0 Å². The van der Waals surface area contributed by atoms with E-state index in [1.807, 2.05) is 38.1 Å². The molecular weight excluding hydrogens is 356 g/mol. The first kappa shape index (κ1) is 18.3. The molecular formula is C22H24N2O2S. The molecule has 1 aliphatic rings. The molecule has 1 fully saturated rings. The van der Waals surface area contributed by atoms with Crippen LogP contribution in [0.3, 0.4) is 0 Å². The van der Waals surface area contributed by atoms with E-state index < -0.39 is 0 Å². The Morgan fingerprint density at radius 2 is 2.04 bits per heavy atom. The van der Waals surface area contributed by atoms with Gasteiger partial charge in [-0.05, 0) is 62.4 Å². The van der Waals surface area contributed by atoms with E-state index in [1.54, 1.807) is 16.3 Å². The van der Waals surface area contributed by atoms with Gasteiger partial charge in [0.05, 0.1) is 22.7 Å². The number of hydrogen-bond acceptors (Lipinski definition) is 4. The van der Waals surface area contributed by atoms with E-state index in [2.05, 4.69) is 18.2 Å². The van der Waals surface area contributed by atoms with Crippen LogP contribution in [0.1, 0.15) is 30.4 Å². The minimum absolute atomic E-state index is 0.0126. The van der Waals surface area contributed by atoms with Crippen LogP contribution in [0.25, 0.3) is 16.6 Å². The number of fused-ring (bicyclic) bond motifs is 1. The Hall–Kier alpha value is -2.11. The number of rotatable bonds is 4. The topological polar surface area (TPSA) is 44.1 Å². The van der Waals surface area contributed by atoms with Crippen LogP contribution in [0.4, 0.5) is 0 Å². The molecule has 1 aromatic heterocycles. The van der Waals surface area contributed by atoms with Gasteiger partial charge in [0.25, 0.3) is 5.56 Å². The number of ether oxygens (including phenoxy) is 1. The van der Waals surface area contributed by atoms with Gasteiger partial charge < -0.3 is 4.74 Å². The van der Waals surface area contributed by atoms with E-state index in [9.17, 15) is 4.79 Å². The number of hydrogen-bond donors (Lipinski definition) is 0. The molecule has 27 heavy (non-hydrogen) atoms. The molecule has 1 unspecified atom stereocenters. The molecule has 0 saturated carbocycles. The molecule has 1 aliphatic heterocycles. The normalized spacial score (nSPS) is 17.3. The fraction of sp³-hybridized carbons (Fsp3) is 0.364. The first-order chi connectivity index (χ1) is 13.1. The van der Waals surface area contributed by atoms with Crippen LogP contribution in [-0.2, 0) is 4.74 Å². The SMILES string of the molecule is Cc1ccc(C)c(-n2c(SCC3CCCCO3)nc3ccccc3c2=O)c1. The van der Waals surface area contributed by atoms with Crippen molar-refractivity contribution in [3.05, 3.63) is 63.9 Å². The zero-order valence-corrected chi connectivity index (χ0v) is 16.6. The summed E-state index contributed by atoms with van der Waals surface area (Å²) in [6, 6.07) is 13.8. The lowest BCUT2D eigenvalue weighted by atomic mass is 10.1. The summed E-state index contributed by atoms with van der Waals surface area (Å²) >= 11 is 1.62. The highest BCUT2D eigenvalue weighted by Crippen LogP contribution is 2.26. The third-order valence-corrected chi connectivity index (χ3v) is 6.09. The number of thioether (sulfide) groups is 1. The summed E-state index contributed by atoms with van der Waals surface area (Å²) in [5.41, 5.74) is 3.83. The van der Waals surface area contributed by atoms with Gasteiger partial charge in [-0.3, -0.25) is 9.36 Å². The lowest BCUT2D eigenvalue weighted by Gasteiger charge is -2.23. The van der Waals surface area contributed by atoms with Gasteiger partial charge in [0.15, 0.2) is 5.16 Å². The van der Waals surface area contributed by atoms with E-state index in [1.165, 1.54) is 6.42 Å². The van der Waals surface area contributed by atoms with Crippen LogP contribution < -0.4 is 5.56 Å². The Kier molecular flexibility index (Phi) is 5.32. The quantitative estimate of drug-likeness (QED) is 0.488. The average Bonchev–Trinajstić information content (AvgIpc) is 2.69. The molecule has 140 valence electrons. The van der Waals surface area contributed by atoms with Gasteiger partial charge in [-0.15, -0.1) is 0 Å². The second-order valence-electron chi connectivity index (χ2n) is 7.14. The number of para-hydroxylation sites is 1. The van der Waals surface area contributed by atoms with E-state index in [0.29, 0.717) is 5.39 Å². The number of aromatic nitrogens is 2. The van der Waals surface area contributed by atoms with Crippen LogP contribution in [0, 0.1) is 13.8 Å². The summed E-state index contributed by atoms with van der Waals surface area (Å²) in [5.74, 6) is 0.815. The van der Waals surface area contributed by atoms with Gasteiger partial charge in [-0.25, -0.2) is 4.98 Å². The molecule has 0 bridgehead atoms. The minimum atomic E-state index is -0.0126. The zero-order valence-electron chi connectivity index (χ0n) is 15.8. The van der Waals surface area contributed by atoms with Gasteiger partial charge in [0.1, 0.15) is 0 Å². The summed E-state index contributed by atoms with van der Waals surface area (Å²) in [6.45, 7) is 4.92. The van der Waals surface area contributed by atoms with Crippen LogP contribution >= 0.6 is 11.8 Å². The largest absolute Gasteiger partial charge is 0.377 e. The van der Waals surface area contributed by atoms with E-state index in [4.69, 9.17) is 9.72 Å². The van der Waals surface area contributed by atoms with Gasteiger partial charge in [-0.2, -0.15) is 0 Å². The number of aryl methyl sites for hydroxylation is 2. The van der Waals surface area contributed by atoms with Gasteiger partial charge in [0.2, 0.25) is 0 Å². The lowest BCUT2D eigenvalue weighted by Crippen LogP contribution is -2.25. The van der Waals surface area contributed by atoms with E-state index in [0.717, 1.165) is 52.7 Å². The maximum atomic E-state index is 13.3. The highest BCUT2D eigenvalue weighted by molar-refractivity contribution is 7.99. The van der Waals surface area contributed by atoms with Crippen LogP contribution in [0.5, 0.6) is 0 Å². The van der Waals surface area contributed by atoms with Crippen LogP contribution in [-0.4, -0.2) is 28.0 Å². The van der Waals surface area contributed by atoms with Crippen molar-refractivity contribution in [2.45, 2.75) is 44.4 Å². The first-order valence-corrected chi connectivity index (χ1v) is 10.5. The molecule has 1 atom stereocenters. The summed E-state index contributed by atoms with van der Waals surface area (Å²) in [6.07, 6.45) is 3.66. The highest BCUT2D eigenvalue weighted by Gasteiger charge is 2.19. The Labute approximate surface area is 163 Å². The van der Waals surface area contributed by atoms with Gasteiger partial charge >= 0.3 is 0 Å². The second kappa shape index (κ2) is 7.87. The summed E-state index contributed by atoms with van der Waals surface area (Å²) in [4.78, 5) is 18.2. The average molecular weight is 381 g/mol. The van der Waals surface area contributed by atoms with Crippen molar-refractivity contribution in [1.82, 2.24) is 9.55 Å². The summed E-state index contributed by atoms with van der Waals surface area (Å²) in [5, 5.41) is 1.39. The molecule has 1 saturated heterocycles. The minimum Gasteiger partial charge on any atom is -0.377 e. The molecule has 2 aromatic carbocycles. The fourth-order valence-electron chi connectivity index (χ4n) is 3.49. The summed E-state index contributed by atoms with van der Waals surface area (Å²) in [7, 11) is 0. The van der Waals surface area contributed by atoms with Crippen molar-refractivity contribution < 1.29 is 4.74 Å². The van der Waals surface area contributed by atoms with Crippen molar-refractivity contribution >= 4 is 22.7 Å². The van der Waals surface area contributed by atoms with E-state index >= 15 is 0 Å². The summed E-state index contributed by atoms with van der Waals surface area (Å²) < 4.78 is 7.65. The van der Waals surface area contributed by atoms with Crippen molar-refractivity contribution in [1.29, 1.82) is 0 Å². The molecule has 0 amide bonds. The monoisotopic (exact) mass is 380 g/mol. The Morgan fingerprint density at radius 3 is 2.85 bits per heavy atom. The second-order valence-corrected chi connectivity index (χ2v) is 8.13. The number of benzene rings is 2.